The van der Waals surface area contributed by atoms with Crippen LogP contribution in [-0.4, -0.2) is 30.8 Å². The molecule has 1 aliphatic heterocycles. The van der Waals surface area contributed by atoms with Gasteiger partial charge in [0.1, 0.15) is 0 Å². The van der Waals surface area contributed by atoms with Gasteiger partial charge >= 0.3 is 0 Å². The van der Waals surface area contributed by atoms with Crippen LogP contribution < -0.4 is 5.32 Å². The lowest BCUT2D eigenvalue weighted by molar-refractivity contribution is -0.0741. The van der Waals surface area contributed by atoms with Crippen LogP contribution in [0.2, 0.25) is 0 Å². The van der Waals surface area contributed by atoms with E-state index in [0.717, 1.165) is 19.8 Å². The Hall–Kier alpha value is -0.930. The third-order valence-electron chi connectivity index (χ3n) is 5.10. The van der Waals surface area contributed by atoms with Crippen LogP contribution in [0.4, 0.5) is 0 Å². The maximum atomic E-state index is 5.54. The number of nitrogens with one attached hydrogen (secondary N) is 1. The zero-order valence-electron chi connectivity index (χ0n) is 12.7. The van der Waals surface area contributed by atoms with Crippen LogP contribution in [0.25, 0.3) is 0 Å². The monoisotopic (exact) mass is 274 g/mol. The van der Waals surface area contributed by atoms with Crippen LogP contribution in [0.3, 0.4) is 0 Å². The Bertz CT molecular complexity index is 430. The van der Waals surface area contributed by atoms with E-state index in [1.165, 1.54) is 31.2 Å². The van der Waals surface area contributed by atoms with Gasteiger partial charge in [0, 0.05) is 43.6 Å². The Morgan fingerprint density at radius 1 is 1.30 bits per heavy atom. The minimum atomic E-state index is 0.288. The maximum absolute atomic E-state index is 5.54. The Morgan fingerprint density at radius 3 is 2.65 bits per heavy atom. The van der Waals surface area contributed by atoms with Gasteiger partial charge in [0.15, 0.2) is 0 Å². The van der Waals surface area contributed by atoms with Crippen molar-refractivity contribution in [1.82, 2.24) is 10.3 Å². The van der Waals surface area contributed by atoms with Gasteiger partial charge in [-0.3, -0.25) is 4.98 Å². The van der Waals surface area contributed by atoms with Crippen molar-refractivity contribution in [3.63, 3.8) is 0 Å². The molecule has 0 aromatic carbocycles. The molecule has 1 saturated heterocycles. The van der Waals surface area contributed by atoms with Gasteiger partial charge in [0.2, 0.25) is 0 Å². The Balaban J connectivity index is 1.76. The Kier molecular flexibility index (Phi) is 3.83. The topological polar surface area (TPSA) is 34.2 Å². The van der Waals surface area contributed by atoms with Crippen LogP contribution in [0.5, 0.6) is 0 Å². The van der Waals surface area contributed by atoms with Gasteiger partial charge in [-0.1, -0.05) is 19.9 Å². The number of ether oxygens (including phenoxy) is 1. The van der Waals surface area contributed by atoms with Gasteiger partial charge in [0.05, 0.1) is 0 Å². The zero-order chi connectivity index (χ0) is 14.1. The smallest absolute Gasteiger partial charge is 0.0471 e. The average Bonchev–Trinajstić information content (AvgIpc) is 2.44. The lowest BCUT2D eigenvalue weighted by Gasteiger charge is -2.58. The molecule has 0 radical (unpaired) electrons. The van der Waals surface area contributed by atoms with Crippen molar-refractivity contribution in [3.05, 3.63) is 30.1 Å². The predicted molar refractivity (Wildman–Crippen MR) is 80.8 cm³/mol. The van der Waals surface area contributed by atoms with E-state index in [1.54, 1.807) is 0 Å². The predicted octanol–water partition coefficient (Wildman–Crippen LogP) is 2.91. The van der Waals surface area contributed by atoms with Crippen LogP contribution in [0, 0.1) is 5.41 Å². The normalized spacial score (nSPS) is 23.8. The van der Waals surface area contributed by atoms with Crippen molar-refractivity contribution in [2.24, 2.45) is 5.41 Å². The van der Waals surface area contributed by atoms with E-state index in [9.17, 15) is 0 Å². The summed E-state index contributed by atoms with van der Waals surface area (Å²) >= 11 is 0. The highest BCUT2D eigenvalue weighted by atomic mass is 16.5. The summed E-state index contributed by atoms with van der Waals surface area (Å²) < 4.78 is 5.54. The number of rotatable bonds is 4. The average molecular weight is 274 g/mol. The molecular weight excluding hydrogens is 248 g/mol. The van der Waals surface area contributed by atoms with E-state index < -0.39 is 0 Å². The second-order valence-corrected chi connectivity index (χ2v) is 7.02. The molecule has 2 aliphatic rings. The summed E-state index contributed by atoms with van der Waals surface area (Å²) in [5, 5.41) is 3.65. The molecular formula is C17H26N2O. The summed E-state index contributed by atoms with van der Waals surface area (Å²) in [6.07, 6.45) is 8.97. The fraction of sp³-hybridized carbons (Fsp3) is 0.706. The molecule has 1 spiro atoms. The van der Waals surface area contributed by atoms with Gasteiger partial charge < -0.3 is 10.1 Å². The number of pyridine rings is 1. The molecule has 0 unspecified atom stereocenters. The first kappa shape index (κ1) is 14.0. The lowest BCUT2D eigenvalue weighted by atomic mass is 9.48. The van der Waals surface area contributed by atoms with E-state index in [2.05, 4.69) is 42.5 Å². The van der Waals surface area contributed by atoms with Gasteiger partial charge in [-0.2, -0.15) is 0 Å². The van der Waals surface area contributed by atoms with Crippen LogP contribution in [0.15, 0.2) is 24.5 Å². The first-order chi connectivity index (χ1) is 9.64. The van der Waals surface area contributed by atoms with Gasteiger partial charge in [-0.05, 0) is 42.7 Å². The van der Waals surface area contributed by atoms with Crippen LogP contribution in [-0.2, 0) is 10.2 Å². The Labute approximate surface area is 122 Å². The first-order valence-corrected chi connectivity index (χ1v) is 7.86. The van der Waals surface area contributed by atoms with E-state index >= 15 is 0 Å². The van der Waals surface area contributed by atoms with E-state index in [4.69, 9.17) is 4.74 Å². The number of nitrogens with zero attached hydrogens (tertiary/aromatic N) is 1. The van der Waals surface area contributed by atoms with E-state index in [0.29, 0.717) is 11.5 Å². The summed E-state index contributed by atoms with van der Waals surface area (Å²) in [6, 6.07) is 4.86. The van der Waals surface area contributed by atoms with E-state index in [-0.39, 0.29) is 5.41 Å². The fourth-order valence-corrected chi connectivity index (χ4v) is 4.05. The maximum Gasteiger partial charge on any atom is 0.0471 e. The molecule has 0 atom stereocenters. The van der Waals surface area contributed by atoms with Crippen LogP contribution in [0.1, 0.15) is 45.1 Å². The van der Waals surface area contributed by atoms with Crippen molar-refractivity contribution in [2.75, 3.05) is 19.8 Å². The summed E-state index contributed by atoms with van der Waals surface area (Å²) in [5.74, 6) is 0. The Morgan fingerprint density at radius 2 is 2.05 bits per heavy atom. The molecule has 2 heterocycles. The van der Waals surface area contributed by atoms with Crippen molar-refractivity contribution in [3.8, 4) is 0 Å². The number of aromatic nitrogens is 1. The molecule has 0 amide bonds. The molecule has 3 heteroatoms. The number of hydrogen-bond donors (Lipinski definition) is 1. The third kappa shape index (κ3) is 2.61. The third-order valence-corrected chi connectivity index (χ3v) is 5.10. The van der Waals surface area contributed by atoms with Gasteiger partial charge in [0.25, 0.3) is 0 Å². The lowest BCUT2D eigenvalue weighted by Crippen LogP contribution is -2.57. The van der Waals surface area contributed by atoms with E-state index in [1.807, 2.05) is 6.20 Å². The second-order valence-electron chi connectivity index (χ2n) is 7.02. The summed E-state index contributed by atoms with van der Waals surface area (Å²) in [6.45, 7) is 7.40. The number of hydrogen-bond acceptors (Lipinski definition) is 3. The summed E-state index contributed by atoms with van der Waals surface area (Å²) in [5.41, 5.74) is 2.23. The van der Waals surface area contributed by atoms with Gasteiger partial charge in [-0.25, -0.2) is 0 Å². The summed E-state index contributed by atoms with van der Waals surface area (Å²) in [7, 11) is 0. The molecule has 20 heavy (non-hydrogen) atoms. The molecule has 110 valence electrons. The molecule has 1 aliphatic carbocycles. The molecule has 3 rings (SSSR count). The van der Waals surface area contributed by atoms with Gasteiger partial charge in [-0.15, -0.1) is 0 Å². The molecule has 2 fully saturated rings. The minimum Gasteiger partial charge on any atom is -0.381 e. The van der Waals surface area contributed by atoms with Crippen molar-refractivity contribution >= 4 is 0 Å². The molecule has 1 aromatic rings. The first-order valence-electron chi connectivity index (χ1n) is 7.86. The highest BCUT2D eigenvalue weighted by Crippen LogP contribution is 2.59. The van der Waals surface area contributed by atoms with Crippen molar-refractivity contribution in [1.29, 1.82) is 0 Å². The minimum absolute atomic E-state index is 0.288. The quantitative estimate of drug-likeness (QED) is 0.916. The molecule has 1 aromatic heterocycles. The van der Waals surface area contributed by atoms with Crippen molar-refractivity contribution < 1.29 is 4.74 Å². The second kappa shape index (κ2) is 5.45. The summed E-state index contributed by atoms with van der Waals surface area (Å²) in [4.78, 5) is 4.34. The fourth-order valence-electron chi connectivity index (χ4n) is 4.05. The molecule has 3 nitrogen and oxygen atoms in total. The van der Waals surface area contributed by atoms with Crippen LogP contribution >= 0.6 is 0 Å². The molecule has 0 bridgehead atoms. The standard InChI is InChI=1S/C17H26N2O/c1-14(2)19-13-17(15-4-3-7-18-10-15)11-16(12-17)5-8-20-9-6-16/h3-4,7,10,14,19H,5-6,8-9,11-13H2,1-2H3. The zero-order valence-corrected chi connectivity index (χ0v) is 12.7. The molecule has 1 saturated carbocycles. The highest BCUT2D eigenvalue weighted by Gasteiger charge is 2.55. The largest absolute Gasteiger partial charge is 0.381 e. The SMILES string of the molecule is CC(C)NCC1(c2cccnc2)CC2(CCOCC2)C1. The molecule has 1 N–H and O–H groups in total. The highest BCUT2D eigenvalue weighted by molar-refractivity contribution is 5.29. The van der Waals surface area contributed by atoms with Crippen molar-refractivity contribution in [2.45, 2.75) is 51.0 Å².